The van der Waals surface area contributed by atoms with E-state index in [0.29, 0.717) is 22.9 Å². The van der Waals surface area contributed by atoms with Crippen molar-refractivity contribution >= 4 is 23.7 Å². The first-order valence-corrected chi connectivity index (χ1v) is 7.71. The predicted molar refractivity (Wildman–Crippen MR) is 96.0 cm³/mol. The molecule has 0 aliphatic heterocycles. The summed E-state index contributed by atoms with van der Waals surface area (Å²) in [6.45, 7) is 0. The van der Waals surface area contributed by atoms with Gasteiger partial charge in [0, 0.05) is 5.69 Å². The lowest BCUT2D eigenvalue weighted by Gasteiger charge is -2.07. The van der Waals surface area contributed by atoms with Crippen molar-refractivity contribution in [2.24, 2.45) is 5.10 Å². The molecular formula is C19H15N3O4. The molecule has 2 amide bonds. The zero-order valence-corrected chi connectivity index (χ0v) is 13.6. The van der Waals surface area contributed by atoms with Gasteiger partial charge in [0.1, 0.15) is 17.3 Å². The Morgan fingerprint density at radius 3 is 2.31 bits per heavy atom. The molecule has 130 valence electrons. The molecule has 7 nitrogen and oxygen atoms in total. The molecular weight excluding hydrogens is 334 g/mol. The summed E-state index contributed by atoms with van der Waals surface area (Å²) < 4.78 is 10.7. The maximum atomic E-state index is 11.8. The zero-order valence-electron chi connectivity index (χ0n) is 13.6. The Morgan fingerprint density at radius 1 is 0.885 bits per heavy atom. The molecule has 3 aromatic rings. The van der Waals surface area contributed by atoms with Crippen LogP contribution in [-0.4, -0.2) is 18.0 Å². The predicted octanol–water partition coefficient (Wildman–Crippen LogP) is 3.16. The zero-order chi connectivity index (χ0) is 18.2. The lowest BCUT2D eigenvalue weighted by Crippen LogP contribution is -2.32. The van der Waals surface area contributed by atoms with Crippen LogP contribution in [0, 0.1) is 0 Å². The summed E-state index contributed by atoms with van der Waals surface area (Å²) in [5.74, 6) is 0.0511. The fourth-order valence-corrected chi connectivity index (χ4v) is 1.99. The van der Waals surface area contributed by atoms with Crippen molar-refractivity contribution in [2.75, 3.05) is 5.32 Å². The van der Waals surface area contributed by atoms with Crippen molar-refractivity contribution in [3.05, 3.63) is 78.8 Å². The molecule has 0 radical (unpaired) electrons. The third-order valence-corrected chi connectivity index (χ3v) is 3.20. The monoisotopic (exact) mass is 349 g/mol. The fourth-order valence-electron chi connectivity index (χ4n) is 1.99. The first-order valence-electron chi connectivity index (χ1n) is 7.71. The number of nitrogens with one attached hydrogen (secondary N) is 2. The number of ether oxygens (including phenoxy) is 1. The largest absolute Gasteiger partial charge is 0.463 e. The number of hydrogen-bond acceptors (Lipinski definition) is 5. The molecule has 2 aromatic carbocycles. The first kappa shape index (κ1) is 17.0. The van der Waals surface area contributed by atoms with Gasteiger partial charge in [0.05, 0.1) is 12.5 Å². The molecule has 2 N–H and O–H groups in total. The van der Waals surface area contributed by atoms with Gasteiger partial charge in [0.2, 0.25) is 0 Å². The number of carbonyl (C=O) groups excluding carboxylic acids is 2. The highest BCUT2D eigenvalue weighted by Crippen LogP contribution is 2.22. The van der Waals surface area contributed by atoms with E-state index in [0.717, 1.165) is 0 Å². The number of amides is 2. The van der Waals surface area contributed by atoms with Gasteiger partial charge >= 0.3 is 11.8 Å². The van der Waals surface area contributed by atoms with Gasteiger partial charge < -0.3 is 14.5 Å². The molecule has 3 rings (SSSR count). The number of rotatable bonds is 5. The van der Waals surface area contributed by atoms with Gasteiger partial charge in [-0.15, -0.1) is 0 Å². The SMILES string of the molecule is O=C(N/N=C\c1ccco1)C(=O)Nc1ccc(Oc2ccccc2)cc1. The van der Waals surface area contributed by atoms with E-state index in [4.69, 9.17) is 9.15 Å². The minimum Gasteiger partial charge on any atom is -0.463 e. The Morgan fingerprint density at radius 2 is 1.62 bits per heavy atom. The third-order valence-electron chi connectivity index (χ3n) is 3.20. The highest BCUT2D eigenvalue weighted by atomic mass is 16.5. The van der Waals surface area contributed by atoms with E-state index in [1.807, 2.05) is 30.3 Å². The topological polar surface area (TPSA) is 92.9 Å². The normalized spacial score (nSPS) is 10.5. The van der Waals surface area contributed by atoms with Crippen LogP contribution >= 0.6 is 0 Å². The van der Waals surface area contributed by atoms with Crippen LogP contribution in [0.25, 0.3) is 0 Å². The summed E-state index contributed by atoms with van der Waals surface area (Å²) in [6, 6.07) is 19.3. The summed E-state index contributed by atoms with van der Waals surface area (Å²) in [5, 5.41) is 6.11. The Hall–Kier alpha value is -3.87. The molecule has 7 heteroatoms. The Bertz CT molecular complexity index is 888. The van der Waals surface area contributed by atoms with E-state index in [-0.39, 0.29) is 0 Å². The van der Waals surface area contributed by atoms with Crippen LogP contribution in [0.15, 0.2) is 82.5 Å². The molecule has 0 aliphatic carbocycles. The van der Waals surface area contributed by atoms with E-state index in [9.17, 15) is 9.59 Å². The van der Waals surface area contributed by atoms with Crippen LogP contribution in [0.5, 0.6) is 11.5 Å². The van der Waals surface area contributed by atoms with Crippen molar-refractivity contribution in [3.8, 4) is 11.5 Å². The van der Waals surface area contributed by atoms with Gasteiger partial charge in [0.25, 0.3) is 0 Å². The van der Waals surface area contributed by atoms with Crippen LogP contribution in [0.2, 0.25) is 0 Å². The molecule has 0 spiro atoms. The second kappa shape index (κ2) is 8.29. The Kier molecular flexibility index (Phi) is 5.41. The molecule has 26 heavy (non-hydrogen) atoms. The van der Waals surface area contributed by atoms with Crippen molar-refractivity contribution in [1.82, 2.24) is 5.43 Å². The van der Waals surface area contributed by atoms with Gasteiger partial charge in [-0.05, 0) is 48.5 Å². The second-order valence-corrected chi connectivity index (χ2v) is 5.11. The van der Waals surface area contributed by atoms with Crippen molar-refractivity contribution < 1.29 is 18.7 Å². The summed E-state index contributed by atoms with van der Waals surface area (Å²) in [7, 11) is 0. The van der Waals surface area contributed by atoms with Gasteiger partial charge in [-0.3, -0.25) is 9.59 Å². The number of anilines is 1. The third kappa shape index (κ3) is 4.81. The quantitative estimate of drug-likeness (QED) is 0.420. The van der Waals surface area contributed by atoms with Gasteiger partial charge in [0.15, 0.2) is 0 Å². The maximum absolute atomic E-state index is 11.8. The molecule has 0 saturated carbocycles. The standard InChI is InChI=1S/C19H15N3O4/c23-18(19(24)22-20-13-17-7-4-12-25-17)21-14-8-10-16(11-9-14)26-15-5-2-1-3-6-15/h1-13H,(H,21,23)(H,22,24)/b20-13-. The lowest BCUT2D eigenvalue weighted by atomic mass is 10.3. The first-order chi connectivity index (χ1) is 12.7. The number of nitrogens with zero attached hydrogens (tertiary/aromatic N) is 1. The minimum atomic E-state index is -0.891. The average molecular weight is 349 g/mol. The van der Waals surface area contributed by atoms with E-state index in [1.54, 1.807) is 36.4 Å². The molecule has 0 bridgehead atoms. The van der Waals surface area contributed by atoms with E-state index in [1.165, 1.54) is 12.5 Å². The summed E-state index contributed by atoms with van der Waals surface area (Å²) >= 11 is 0. The van der Waals surface area contributed by atoms with Crippen LogP contribution in [0.4, 0.5) is 5.69 Å². The number of benzene rings is 2. The van der Waals surface area contributed by atoms with E-state index in [2.05, 4.69) is 15.8 Å². The number of para-hydroxylation sites is 1. The molecule has 0 aliphatic rings. The molecule has 0 saturated heterocycles. The number of carbonyl (C=O) groups is 2. The van der Waals surface area contributed by atoms with Crippen LogP contribution in [0.3, 0.4) is 0 Å². The van der Waals surface area contributed by atoms with Gasteiger partial charge in [-0.2, -0.15) is 5.10 Å². The number of furan rings is 1. The fraction of sp³-hybridized carbons (Fsp3) is 0. The molecule has 0 unspecified atom stereocenters. The summed E-state index contributed by atoms with van der Waals surface area (Å²) in [6.07, 6.45) is 2.77. The Labute approximate surface area is 149 Å². The summed E-state index contributed by atoms with van der Waals surface area (Å²) in [5.41, 5.74) is 2.58. The maximum Gasteiger partial charge on any atom is 0.329 e. The van der Waals surface area contributed by atoms with E-state index >= 15 is 0 Å². The second-order valence-electron chi connectivity index (χ2n) is 5.11. The number of hydrogen-bond donors (Lipinski definition) is 2. The summed E-state index contributed by atoms with van der Waals surface area (Å²) in [4.78, 5) is 23.5. The molecule has 1 aromatic heterocycles. The van der Waals surface area contributed by atoms with Gasteiger partial charge in [-0.25, -0.2) is 5.43 Å². The highest BCUT2D eigenvalue weighted by Gasteiger charge is 2.12. The highest BCUT2D eigenvalue weighted by molar-refractivity contribution is 6.39. The minimum absolute atomic E-state index is 0.458. The molecule has 1 heterocycles. The smallest absolute Gasteiger partial charge is 0.329 e. The molecule has 0 fully saturated rings. The Balaban J connectivity index is 1.51. The van der Waals surface area contributed by atoms with E-state index < -0.39 is 11.8 Å². The van der Waals surface area contributed by atoms with Crippen molar-refractivity contribution in [2.45, 2.75) is 0 Å². The number of hydrazone groups is 1. The van der Waals surface area contributed by atoms with Gasteiger partial charge in [-0.1, -0.05) is 18.2 Å². The van der Waals surface area contributed by atoms with Crippen molar-refractivity contribution in [3.63, 3.8) is 0 Å². The van der Waals surface area contributed by atoms with Crippen LogP contribution in [-0.2, 0) is 9.59 Å². The average Bonchev–Trinajstić information content (AvgIpc) is 3.17. The molecule has 0 atom stereocenters. The lowest BCUT2D eigenvalue weighted by molar-refractivity contribution is -0.136. The van der Waals surface area contributed by atoms with Crippen molar-refractivity contribution in [1.29, 1.82) is 0 Å². The van der Waals surface area contributed by atoms with Crippen LogP contribution in [0.1, 0.15) is 5.76 Å². The van der Waals surface area contributed by atoms with Crippen LogP contribution < -0.4 is 15.5 Å².